The highest BCUT2D eigenvalue weighted by atomic mass is 79.9. The molecule has 0 saturated heterocycles. The van der Waals surface area contributed by atoms with Gasteiger partial charge in [0.1, 0.15) is 11.8 Å². The molecule has 39 heavy (non-hydrogen) atoms. The summed E-state index contributed by atoms with van der Waals surface area (Å²) in [5.74, 6) is 0.0779. The summed E-state index contributed by atoms with van der Waals surface area (Å²) in [6, 6.07) is 15.8. The molecule has 0 fully saturated rings. The van der Waals surface area contributed by atoms with Gasteiger partial charge in [0, 0.05) is 16.5 Å². The number of hydrogen-bond acceptors (Lipinski definition) is 5. The number of amides is 3. The smallest absolute Gasteiger partial charge is 0.251 e. The Morgan fingerprint density at radius 3 is 2.46 bits per heavy atom. The molecule has 0 bridgehead atoms. The minimum absolute atomic E-state index is 0.0414. The van der Waals surface area contributed by atoms with Crippen LogP contribution < -0.4 is 25.2 Å². The third-order valence-electron chi connectivity index (χ3n) is 7.01. The van der Waals surface area contributed by atoms with Gasteiger partial charge in [0.05, 0.1) is 37.6 Å². The number of carbonyl (C=O) groups is 3. The summed E-state index contributed by atoms with van der Waals surface area (Å²) < 4.78 is 6.68. The first-order valence-electron chi connectivity index (χ1n) is 13.1. The van der Waals surface area contributed by atoms with Crippen LogP contribution in [0.1, 0.15) is 32.8 Å². The molecule has 0 spiro atoms. The largest absolute Gasteiger partial charge is 0.496 e. The van der Waals surface area contributed by atoms with Gasteiger partial charge in [-0.3, -0.25) is 14.4 Å². The Morgan fingerprint density at radius 2 is 1.79 bits per heavy atom. The van der Waals surface area contributed by atoms with Gasteiger partial charge in [-0.15, -0.1) is 0 Å². The van der Waals surface area contributed by atoms with Crippen LogP contribution in [0.4, 0.5) is 11.4 Å². The molecule has 1 heterocycles. The summed E-state index contributed by atoms with van der Waals surface area (Å²) >= 11 is 3.54. The topological polar surface area (TPSA) is 91.0 Å². The molecular weight excluding hydrogens is 560 g/mol. The van der Waals surface area contributed by atoms with Gasteiger partial charge in [-0.2, -0.15) is 0 Å². The van der Waals surface area contributed by atoms with Crippen LogP contribution in [-0.4, -0.2) is 50.5 Å². The summed E-state index contributed by atoms with van der Waals surface area (Å²) in [5, 5.41) is 7.76. The van der Waals surface area contributed by atoms with E-state index in [2.05, 4.69) is 26.6 Å². The number of ether oxygens (including phenoxy) is 1. The van der Waals surface area contributed by atoms with Crippen LogP contribution in [0.5, 0.6) is 5.75 Å². The van der Waals surface area contributed by atoms with E-state index in [4.69, 9.17) is 4.74 Å². The first kappa shape index (κ1) is 28.6. The second-order valence-corrected chi connectivity index (χ2v) is 11.1. The highest BCUT2D eigenvalue weighted by Gasteiger charge is 2.37. The van der Waals surface area contributed by atoms with E-state index in [1.54, 1.807) is 30.9 Å². The number of anilines is 2. The lowest BCUT2D eigenvalue weighted by Gasteiger charge is -2.27. The number of methoxy groups -OCH3 is 1. The van der Waals surface area contributed by atoms with Crippen molar-refractivity contribution >= 4 is 55.8 Å². The number of rotatable bonds is 8. The fraction of sp³-hybridized carbons (Fsp3) is 0.367. The van der Waals surface area contributed by atoms with Gasteiger partial charge in [-0.05, 0) is 61.0 Å². The molecule has 1 unspecified atom stereocenters. The van der Waals surface area contributed by atoms with E-state index in [1.165, 1.54) is 0 Å². The average molecular weight is 596 g/mol. The van der Waals surface area contributed by atoms with Crippen LogP contribution in [-0.2, 0) is 20.9 Å². The molecule has 0 radical (unpaired) electrons. The SMILES string of the molecule is CN[C@@H](C)C(=O)NC1CN(C(=O)CC(C)C)c2ccccc2N(Cc2c(OC)ccc3cc(Br)ccc23)C1=O. The number of halogens is 1. The summed E-state index contributed by atoms with van der Waals surface area (Å²) in [7, 11) is 3.29. The van der Waals surface area contributed by atoms with E-state index in [1.807, 2.05) is 68.4 Å². The van der Waals surface area contributed by atoms with Crippen molar-refractivity contribution in [1.82, 2.24) is 10.6 Å². The molecule has 0 aliphatic carbocycles. The number of likely N-dealkylation sites (N-methyl/N-ethyl adjacent to an activating group) is 1. The number of carbonyl (C=O) groups excluding carboxylic acids is 3. The molecule has 4 rings (SSSR count). The lowest BCUT2D eigenvalue weighted by atomic mass is 10.0. The first-order chi connectivity index (χ1) is 18.6. The zero-order valence-electron chi connectivity index (χ0n) is 23.0. The first-order valence-corrected chi connectivity index (χ1v) is 13.9. The normalized spacial score (nSPS) is 16.2. The lowest BCUT2D eigenvalue weighted by Crippen LogP contribution is -2.55. The zero-order chi connectivity index (χ0) is 28.3. The Labute approximate surface area is 237 Å². The Bertz CT molecular complexity index is 1390. The maximum atomic E-state index is 14.2. The maximum absolute atomic E-state index is 14.2. The fourth-order valence-electron chi connectivity index (χ4n) is 4.84. The van der Waals surface area contributed by atoms with Crippen LogP contribution in [0.3, 0.4) is 0 Å². The summed E-state index contributed by atoms with van der Waals surface area (Å²) in [4.78, 5) is 43.9. The molecule has 0 saturated carbocycles. The molecule has 0 aromatic heterocycles. The molecule has 8 nitrogen and oxygen atoms in total. The molecule has 3 aromatic rings. The van der Waals surface area contributed by atoms with Crippen molar-refractivity contribution in [2.75, 3.05) is 30.5 Å². The third kappa shape index (κ3) is 6.09. The van der Waals surface area contributed by atoms with Crippen molar-refractivity contribution in [1.29, 1.82) is 0 Å². The highest BCUT2D eigenvalue weighted by Crippen LogP contribution is 2.37. The summed E-state index contributed by atoms with van der Waals surface area (Å²) in [6.07, 6.45) is 0.322. The van der Waals surface area contributed by atoms with Gasteiger partial charge in [0.2, 0.25) is 11.8 Å². The van der Waals surface area contributed by atoms with Crippen LogP contribution in [0.25, 0.3) is 10.8 Å². The molecule has 1 aliphatic heterocycles. The third-order valence-corrected chi connectivity index (χ3v) is 7.50. The van der Waals surface area contributed by atoms with E-state index in [0.29, 0.717) is 23.5 Å². The minimum Gasteiger partial charge on any atom is -0.496 e. The lowest BCUT2D eigenvalue weighted by molar-refractivity contribution is -0.128. The number of benzene rings is 3. The van der Waals surface area contributed by atoms with Gasteiger partial charge in [-0.1, -0.05) is 54.0 Å². The molecular formula is C30H35BrN4O4. The van der Waals surface area contributed by atoms with Crippen LogP contribution in [0.2, 0.25) is 0 Å². The zero-order valence-corrected chi connectivity index (χ0v) is 24.5. The van der Waals surface area contributed by atoms with Gasteiger partial charge >= 0.3 is 0 Å². The molecule has 9 heteroatoms. The second-order valence-electron chi connectivity index (χ2n) is 10.2. The van der Waals surface area contributed by atoms with Crippen molar-refractivity contribution in [3.05, 3.63) is 64.6 Å². The van der Waals surface area contributed by atoms with Gasteiger partial charge in [0.15, 0.2) is 0 Å². The number of nitrogens with zero attached hydrogens (tertiary/aromatic N) is 2. The Kier molecular flexibility index (Phi) is 8.92. The highest BCUT2D eigenvalue weighted by molar-refractivity contribution is 9.10. The minimum atomic E-state index is -0.938. The fourth-order valence-corrected chi connectivity index (χ4v) is 5.22. The standard InChI is InChI=1S/C30H35BrN4O4/c1-18(2)14-28(36)34-17-24(33-29(37)19(3)32-4)30(38)35(26-9-7-6-8-25(26)34)16-23-22-12-11-21(31)15-20(22)10-13-27(23)39-5/h6-13,15,18-19,24,32H,14,16-17H2,1-5H3,(H,33,37)/t19-,24?/m0/s1. The Balaban J connectivity index is 1.86. The molecule has 206 valence electrons. The van der Waals surface area contributed by atoms with Gasteiger partial charge in [-0.25, -0.2) is 0 Å². The number of para-hydroxylation sites is 2. The molecule has 3 aromatic carbocycles. The van der Waals surface area contributed by atoms with Crippen molar-refractivity contribution in [2.45, 2.75) is 45.8 Å². The molecule has 2 atom stereocenters. The number of hydrogen-bond donors (Lipinski definition) is 2. The van der Waals surface area contributed by atoms with Crippen molar-refractivity contribution < 1.29 is 19.1 Å². The molecule has 1 aliphatic rings. The summed E-state index contributed by atoms with van der Waals surface area (Å²) in [6.45, 7) is 5.93. The molecule has 3 amide bonds. The van der Waals surface area contributed by atoms with Crippen LogP contribution >= 0.6 is 15.9 Å². The monoisotopic (exact) mass is 594 g/mol. The quantitative estimate of drug-likeness (QED) is 0.397. The van der Waals surface area contributed by atoms with Crippen LogP contribution in [0, 0.1) is 5.92 Å². The summed E-state index contributed by atoms with van der Waals surface area (Å²) in [5.41, 5.74) is 2.08. The van der Waals surface area contributed by atoms with E-state index < -0.39 is 12.1 Å². The van der Waals surface area contributed by atoms with Crippen molar-refractivity contribution in [3.63, 3.8) is 0 Å². The van der Waals surface area contributed by atoms with Crippen LogP contribution in [0.15, 0.2) is 59.1 Å². The van der Waals surface area contributed by atoms with Gasteiger partial charge < -0.3 is 25.2 Å². The van der Waals surface area contributed by atoms with Crippen molar-refractivity contribution in [3.8, 4) is 5.75 Å². The van der Waals surface area contributed by atoms with E-state index in [-0.39, 0.29) is 36.7 Å². The van der Waals surface area contributed by atoms with E-state index in [0.717, 1.165) is 20.8 Å². The average Bonchev–Trinajstić information content (AvgIpc) is 3.02. The van der Waals surface area contributed by atoms with E-state index >= 15 is 0 Å². The maximum Gasteiger partial charge on any atom is 0.251 e. The predicted octanol–water partition coefficient (Wildman–Crippen LogP) is 4.63. The van der Waals surface area contributed by atoms with Gasteiger partial charge in [0.25, 0.3) is 5.91 Å². The molecule has 2 N–H and O–H groups in total. The number of fused-ring (bicyclic) bond motifs is 2. The van der Waals surface area contributed by atoms with E-state index in [9.17, 15) is 14.4 Å². The Hall–Kier alpha value is -3.43. The predicted molar refractivity (Wildman–Crippen MR) is 158 cm³/mol. The van der Waals surface area contributed by atoms with Crippen molar-refractivity contribution in [2.24, 2.45) is 5.92 Å². The number of nitrogens with one attached hydrogen (secondary N) is 2. The Morgan fingerprint density at radius 1 is 1.08 bits per heavy atom. The second kappa shape index (κ2) is 12.2.